The molecule has 0 radical (unpaired) electrons. The van der Waals surface area contributed by atoms with E-state index in [0.717, 1.165) is 0 Å². The Morgan fingerprint density at radius 1 is 1.32 bits per heavy atom. The molecule has 0 aliphatic rings. The van der Waals surface area contributed by atoms with Gasteiger partial charge in [-0.15, -0.1) is 0 Å². The minimum absolute atomic E-state index is 0.00308. The van der Waals surface area contributed by atoms with Crippen LogP contribution < -0.4 is 10.1 Å². The first-order chi connectivity index (χ1) is 8.93. The Balaban J connectivity index is 2.62. The van der Waals surface area contributed by atoms with Crippen molar-refractivity contribution in [2.45, 2.75) is 26.5 Å². The molecule has 1 aromatic carbocycles. The molecule has 0 aliphatic carbocycles. The first-order valence-electron chi connectivity index (χ1n) is 5.90. The van der Waals surface area contributed by atoms with Gasteiger partial charge in [0.15, 0.2) is 0 Å². The Bertz CT molecular complexity index is 409. The maximum atomic E-state index is 12.0. The summed E-state index contributed by atoms with van der Waals surface area (Å²) in [5.41, 5.74) is 0.346. The number of hydrogen-bond donors (Lipinski definition) is 2. The number of aliphatic hydroxyl groups is 1. The summed E-state index contributed by atoms with van der Waals surface area (Å²) < 4.78 is 28.1. The molecule has 0 aromatic heterocycles. The van der Waals surface area contributed by atoms with E-state index >= 15 is 0 Å². The Labute approximate surface area is 110 Å². The fourth-order valence-corrected chi connectivity index (χ4v) is 1.38. The van der Waals surface area contributed by atoms with Crippen molar-refractivity contribution in [3.05, 3.63) is 29.8 Å². The highest BCUT2D eigenvalue weighted by Crippen LogP contribution is 2.15. The lowest BCUT2D eigenvalue weighted by molar-refractivity contribution is -0.0498. The van der Waals surface area contributed by atoms with Crippen molar-refractivity contribution in [1.82, 2.24) is 5.32 Å². The van der Waals surface area contributed by atoms with E-state index < -0.39 is 6.61 Å². The fraction of sp³-hybridized carbons (Fsp3) is 0.462. The third kappa shape index (κ3) is 4.82. The van der Waals surface area contributed by atoms with Crippen LogP contribution in [0.25, 0.3) is 0 Å². The summed E-state index contributed by atoms with van der Waals surface area (Å²) in [7, 11) is 0. The van der Waals surface area contributed by atoms with Crippen molar-refractivity contribution in [2.24, 2.45) is 5.92 Å². The summed E-state index contributed by atoms with van der Waals surface area (Å²) in [5.74, 6) is -0.384. The van der Waals surface area contributed by atoms with Crippen molar-refractivity contribution in [3.63, 3.8) is 0 Å². The molecule has 4 nitrogen and oxygen atoms in total. The Morgan fingerprint density at radius 2 is 1.89 bits per heavy atom. The smallest absolute Gasteiger partial charge is 0.387 e. The van der Waals surface area contributed by atoms with Gasteiger partial charge in [-0.2, -0.15) is 8.78 Å². The normalized spacial score (nSPS) is 14.0. The van der Waals surface area contributed by atoms with Crippen LogP contribution in [-0.4, -0.2) is 30.3 Å². The van der Waals surface area contributed by atoms with Gasteiger partial charge in [-0.25, -0.2) is 0 Å². The van der Waals surface area contributed by atoms with Crippen LogP contribution in [0, 0.1) is 5.92 Å². The molecule has 2 unspecified atom stereocenters. The maximum absolute atomic E-state index is 12.0. The molecule has 0 saturated carbocycles. The van der Waals surface area contributed by atoms with Crippen LogP contribution in [0.5, 0.6) is 5.75 Å². The lowest BCUT2D eigenvalue weighted by Gasteiger charge is -2.19. The highest BCUT2D eigenvalue weighted by Gasteiger charge is 2.15. The molecular weight excluding hydrogens is 256 g/mol. The number of carbonyl (C=O) groups is 1. The second kappa shape index (κ2) is 7.04. The van der Waals surface area contributed by atoms with Crippen molar-refractivity contribution >= 4 is 5.91 Å². The highest BCUT2D eigenvalue weighted by atomic mass is 19.3. The number of rotatable bonds is 6. The second-order valence-electron chi connectivity index (χ2n) is 4.32. The van der Waals surface area contributed by atoms with Crippen LogP contribution in [0.3, 0.4) is 0 Å². The van der Waals surface area contributed by atoms with E-state index in [1.807, 2.05) is 6.92 Å². The Hall–Kier alpha value is -1.69. The van der Waals surface area contributed by atoms with Crippen molar-refractivity contribution in [1.29, 1.82) is 0 Å². The number of hydrogen-bond acceptors (Lipinski definition) is 3. The van der Waals surface area contributed by atoms with Crippen LogP contribution in [0.1, 0.15) is 24.2 Å². The molecule has 106 valence electrons. The van der Waals surface area contributed by atoms with Crippen LogP contribution >= 0.6 is 0 Å². The number of halogens is 2. The minimum Gasteiger partial charge on any atom is -0.435 e. The number of nitrogens with one attached hydrogen (secondary N) is 1. The van der Waals surface area contributed by atoms with Crippen molar-refractivity contribution < 1.29 is 23.4 Å². The maximum Gasteiger partial charge on any atom is 0.387 e. The molecule has 6 heteroatoms. The van der Waals surface area contributed by atoms with Gasteiger partial charge in [0.2, 0.25) is 0 Å². The third-order valence-corrected chi connectivity index (χ3v) is 2.84. The largest absolute Gasteiger partial charge is 0.435 e. The van der Waals surface area contributed by atoms with Crippen molar-refractivity contribution in [2.75, 3.05) is 6.61 Å². The molecule has 0 bridgehead atoms. The van der Waals surface area contributed by atoms with Crippen LogP contribution in [0.2, 0.25) is 0 Å². The zero-order chi connectivity index (χ0) is 14.4. The minimum atomic E-state index is -2.88. The van der Waals surface area contributed by atoms with Gasteiger partial charge >= 0.3 is 6.61 Å². The second-order valence-corrected chi connectivity index (χ2v) is 4.32. The predicted molar refractivity (Wildman–Crippen MR) is 66.3 cm³/mol. The first-order valence-corrected chi connectivity index (χ1v) is 5.90. The molecule has 0 saturated heterocycles. The van der Waals surface area contributed by atoms with Gasteiger partial charge in [-0.05, 0) is 37.1 Å². The lowest BCUT2D eigenvalue weighted by atomic mass is 10.0. The SMILES string of the molecule is CC(CO)C(C)NC(=O)c1ccc(OC(F)F)cc1. The van der Waals surface area contributed by atoms with E-state index in [2.05, 4.69) is 10.1 Å². The summed E-state index contributed by atoms with van der Waals surface area (Å²) in [4.78, 5) is 11.8. The standard InChI is InChI=1S/C13H17F2NO3/c1-8(7-17)9(2)16-12(18)10-3-5-11(6-4-10)19-13(14)15/h3-6,8-9,13,17H,7H2,1-2H3,(H,16,18). The molecule has 19 heavy (non-hydrogen) atoms. The summed E-state index contributed by atoms with van der Waals surface area (Å²) >= 11 is 0. The number of carbonyl (C=O) groups excluding carboxylic acids is 1. The monoisotopic (exact) mass is 273 g/mol. The van der Waals surface area contributed by atoms with Gasteiger partial charge in [-0.1, -0.05) is 6.92 Å². The highest BCUT2D eigenvalue weighted by molar-refractivity contribution is 5.94. The molecule has 0 fully saturated rings. The number of alkyl halides is 2. The number of aliphatic hydroxyl groups excluding tert-OH is 1. The summed E-state index contributed by atoms with van der Waals surface area (Å²) in [6, 6.07) is 5.24. The number of ether oxygens (including phenoxy) is 1. The molecule has 2 atom stereocenters. The van der Waals surface area contributed by atoms with Crippen LogP contribution in [0.4, 0.5) is 8.78 Å². The zero-order valence-electron chi connectivity index (χ0n) is 10.8. The first kappa shape index (κ1) is 15.4. The third-order valence-electron chi connectivity index (χ3n) is 2.84. The van der Waals surface area contributed by atoms with Gasteiger partial charge < -0.3 is 15.2 Å². The van der Waals surface area contributed by atoms with E-state index in [1.54, 1.807) is 6.92 Å². The lowest BCUT2D eigenvalue weighted by Crippen LogP contribution is -2.38. The van der Waals surface area contributed by atoms with E-state index in [4.69, 9.17) is 5.11 Å². The quantitative estimate of drug-likeness (QED) is 0.833. The average Bonchev–Trinajstić information content (AvgIpc) is 2.37. The van der Waals surface area contributed by atoms with E-state index in [-0.39, 0.29) is 30.2 Å². The molecule has 1 amide bonds. The number of amides is 1. The van der Waals surface area contributed by atoms with Gasteiger partial charge in [0, 0.05) is 18.2 Å². The zero-order valence-corrected chi connectivity index (χ0v) is 10.8. The molecule has 2 N–H and O–H groups in total. The molecule has 0 heterocycles. The van der Waals surface area contributed by atoms with Gasteiger partial charge in [0.25, 0.3) is 5.91 Å². The van der Waals surface area contributed by atoms with Gasteiger partial charge in [0.1, 0.15) is 5.75 Å². The Morgan fingerprint density at radius 3 is 2.37 bits per heavy atom. The fourth-order valence-electron chi connectivity index (χ4n) is 1.38. The predicted octanol–water partition coefficient (Wildman–Crippen LogP) is 2.03. The Kier molecular flexibility index (Phi) is 5.69. The van der Waals surface area contributed by atoms with Crippen LogP contribution in [-0.2, 0) is 0 Å². The summed E-state index contributed by atoms with van der Waals surface area (Å²) in [6.45, 7) is 0.685. The molecule has 1 aromatic rings. The number of benzene rings is 1. The van der Waals surface area contributed by atoms with Gasteiger partial charge in [-0.3, -0.25) is 4.79 Å². The molecule has 0 spiro atoms. The average molecular weight is 273 g/mol. The molecule has 1 rings (SSSR count). The van der Waals surface area contributed by atoms with Crippen molar-refractivity contribution in [3.8, 4) is 5.75 Å². The van der Waals surface area contributed by atoms with E-state index in [9.17, 15) is 13.6 Å². The summed E-state index contributed by atoms with van der Waals surface area (Å²) in [6.07, 6.45) is 0. The van der Waals surface area contributed by atoms with E-state index in [1.165, 1.54) is 24.3 Å². The topological polar surface area (TPSA) is 58.6 Å². The van der Waals surface area contributed by atoms with Crippen LogP contribution in [0.15, 0.2) is 24.3 Å². The molecular formula is C13H17F2NO3. The summed E-state index contributed by atoms with van der Waals surface area (Å²) in [5, 5.41) is 11.7. The van der Waals surface area contributed by atoms with Gasteiger partial charge in [0.05, 0.1) is 0 Å². The molecule has 0 aliphatic heterocycles. The van der Waals surface area contributed by atoms with E-state index in [0.29, 0.717) is 5.56 Å².